The highest BCUT2D eigenvalue weighted by Crippen LogP contribution is 2.26. The van der Waals surface area contributed by atoms with Gasteiger partial charge in [-0.2, -0.15) is 0 Å². The van der Waals surface area contributed by atoms with Crippen molar-refractivity contribution in [3.63, 3.8) is 0 Å². The van der Waals surface area contributed by atoms with Crippen molar-refractivity contribution in [3.8, 4) is 0 Å². The third-order valence-corrected chi connectivity index (χ3v) is 4.11. The highest BCUT2D eigenvalue weighted by Gasteiger charge is 2.24. The van der Waals surface area contributed by atoms with E-state index in [0.717, 1.165) is 11.5 Å². The van der Waals surface area contributed by atoms with Crippen molar-refractivity contribution in [2.75, 3.05) is 5.32 Å². The van der Waals surface area contributed by atoms with Crippen LogP contribution in [0.25, 0.3) is 11.0 Å². The maximum atomic E-state index is 13.8. The lowest BCUT2D eigenvalue weighted by Crippen LogP contribution is -2.30. The lowest BCUT2D eigenvalue weighted by atomic mass is 10.1. The quantitative estimate of drug-likeness (QED) is 0.670. The molecule has 0 bridgehead atoms. The molecule has 3 aromatic rings. The van der Waals surface area contributed by atoms with Crippen LogP contribution in [0, 0.1) is 12.7 Å². The number of para-hydroxylation sites is 1. The van der Waals surface area contributed by atoms with Crippen LogP contribution < -0.4 is 5.32 Å². The van der Waals surface area contributed by atoms with Crippen molar-refractivity contribution in [2.45, 2.75) is 20.0 Å². The first-order valence-corrected chi connectivity index (χ1v) is 8.19. The molecule has 26 heavy (non-hydrogen) atoms. The molecule has 1 amide bonds. The Balaban J connectivity index is 1.71. The molecule has 134 valence electrons. The number of nitrogens with one attached hydrogen (secondary N) is 1. The van der Waals surface area contributed by atoms with Gasteiger partial charge in [-0.15, -0.1) is 0 Å². The molecule has 1 atom stereocenters. The zero-order valence-corrected chi connectivity index (χ0v) is 14.8. The number of carbonyl (C=O) groups is 2. The van der Waals surface area contributed by atoms with Crippen LogP contribution in [-0.4, -0.2) is 18.0 Å². The number of ether oxygens (including phenoxy) is 1. The fraction of sp³-hybridized carbons (Fsp3) is 0.158. The molecule has 1 aromatic heterocycles. The summed E-state index contributed by atoms with van der Waals surface area (Å²) in [5, 5.41) is 3.35. The number of amides is 1. The van der Waals surface area contributed by atoms with Gasteiger partial charge in [0.2, 0.25) is 5.76 Å². The Labute approximate surface area is 153 Å². The largest absolute Gasteiger partial charge is 0.449 e. The number of esters is 1. The first-order chi connectivity index (χ1) is 12.4. The third kappa shape index (κ3) is 3.55. The Kier molecular flexibility index (Phi) is 4.95. The van der Waals surface area contributed by atoms with Crippen molar-refractivity contribution in [2.24, 2.45) is 0 Å². The van der Waals surface area contributed by atoms with Gasteiger partial charge in [0.1, 0.15) is 11.4 Å². The Morgan fingerprint density at radius 3 is 2.65 bits per heavy atom. The van der Waals surface area contributed by atoms with Crippen LogP contribution in [-0.2, 0) is 9.53 Å². The highest BCUT2D eigenvalue weighted by molar-refractivity contribution is 6.30. The molecule has 1 N–H and O–H groups in total. The number of benzene rings is 2. The number of rotatable bonds is 4. The van der Waals surface area contributed by atoms with E-state index in [1.54, 1.807) is 19.1 Å². The van der Waals surface area contributed by atoms with Crippen LogP contribution in [0.3, 0.4) is 0 Å². The Bertz CT molecular complexity index is 998. The van der Waals surface area contributed by atoms with Crippen LogP contribution in [0.2, 0.25) is 5.02 Å². The monoisotopic (exact) mass is 375 g/mol. The second-order valence-corrected chi connectivity index (χ2v) is 6.15. The van der Waals surface area contributed by atoms with E-state index in [-0.39, 0.29) is 16.5 Å². The number of hydrogen-bond acceptors (Lipinski definition) is 4. The van der Waals surface area contributed by atoms with Gasteiger partial charge < -0.3 is 14.5 Å². The number of fused-ring (bicyclic) bond motifs is 1. The van der Waals surface area contributed by atoms with E-state index in [2.05, 4.69) is 5.32 Å². The Hall–Kier alpha value is -2.86. The van der Waals surface area contributed by atoms with Crippen molar-refractivity contribution in [3.05, 3.63) is 64.6 Å². The van der Waals surface area contributed by atoms with Gasteiger partial charge >= 0.3 is 5.97 Å². The summed E-state index contributed by atoms with van der Waals surface area (Å²) in [6.45, 7) is 3.12. The van der Waals surface area contributed by atoms with Gasteiger partial charge in [0.25, 0.3) is 5.91 Å². The van der Waals surface area contributed by atoms with Gasteiger partial charge in [-0.05, 0) is 38.1 Å². The first kappa shape index (κ1) is 17.9. The first-order valence-electron chi connectivity index (χ1n) is 7.82. The molecule has 0 aliphatic carbocycles. The topological polar surface area (TPSA) is 68.5 Å². The molecule has 0 spiro atoms. The summed E-state index contributed by atoms with van der Waals surface area (Å²) in [5.41, 5.74) is 1.13. The molecule has 0 unspecified atom stereocenters. The molecule has 2 aromatic carbocycles. The predicted octanol–water partition coefficient (Wildman–Crippen LogP) is 4.72. The third-order valence-electron chi connectivity index (χ3n) is 3.87. The number of halogens is 2. The normalized spacial score (nSPS) is 12.0. The fourth-order valence-corrected chi connectivity index (χ4v) is 2.62. The van der Waals surface area contributed by atoms with Crippen molar-refractivity contribution >= 4 is 40.1 Å². The number of hydrogen-bond donors (Lipinski definition) is 1. The average molecular weight is 376 g/mol. The molecule has 1 heterocycles. The second-order valence-electron chi connectivity index (χ2n) is 5.71. The molecule has 3 rings (SSSR count). The maximum absolute atomic E-state index is 13.8. The van der Waals surface area contributed by atoms with E-state index in [4.69, 9.17) is 20.8 Å². The Morgan fingerprint density at radius 2 is 1.96 bits per heavy atom. The van der Waals surface area contributed by atoms with Crippen LogP contribution in [0.4, 0.5) is 10.1 Å². The summed E-state index contributed by atoms with van der Waals surface area (Å²) in [6.07, 6.45) is -1.15. The minimum atomic E-state index is -1.15. The standard InChI is InChI=1S/C19H15ClFNO4/c1-10-13-5-3-4-6-16(13)26-17(10)19(24)25-11(2)18(23)22-15-8-7-12(20)9-14(15)21/h3-9,11H,1-2H3,(H,22,23)/t11-/m0/s1. The minimum Gasteiger partial charge on any atom is -0.449 e. The zero-order chi connectivity index (χ0) is 18.8. The van der Waals surface area contributed by atoms with E-state index < -0.39 is 23.8 Å². The lowest BCUT2D eigenvalue weighted by Gasteiger charge is -2.13. The van der Waals surface area contributed by atoms with E-state index in [9.17, 15) is 14.0 Å². The second kappa shape index (κ2) is 7.17. The van der Waals surface area contributed by atoms with Gasteiger partial charge in [0, 0.05) is 16.0 Å². The van der Waals surface area contributed by atoms with Gasteiger partial charge in [0.05, 0.1) is 5.69 Å². The molecule has 0 fully saturated rings. The molecule has 0 aliphatic rings. The van der Waals surface area contributed by atoms with Crippen LogP contribution in [0.5, 0.6) is 0 Å². The SMILES string of the molecule is Cc1c(C(=O)O[C@@H](C)C(=O)Nc2ccc(Cl)cc2F)oc2ccccc12. The number of aryl methyl sites for hydroxylation is 1. The number of carbonyl (C=O) groups excluding carboxylic acids is 2. The zero-order valence-electron chi connectivity index (χ0n) is 14.0. The lowest BCUT2D eigenvalue weighted by molar-refractivity contribution is -0.123. The average Bonchev–Trinajstić information content (AvgIpc) is 2.94. The molecule has 0 saturated heterocycles. The molecule has 5 nitrogen and oxygen atoms in total. The molecule has 0 aliphatic heterocycles. The maximum Gasteiger partial charge on any atom is 0.375 e. The Morgan fingerprint density at radius 1 is 1.23 bits per heavy atom. The summed E-state index contributed by atoms with van der Waals surface area (Å²) in [6, 6.07) is 11.0. The van der Waals surface area contributed by atoms with Gasteiger partial charge in [0.15, 0.2) is 6.10 Å². The van der Waals surface area contributed by atoms with Crippen molar-refractivity contribution < 1.29 is 23.1 Å². The van der Waals surface area contributed by atoms with Crippen LogP contribution >= 0.6 is 11.6 Å². The molecular weight excluding hydrogens is 361 g/mol. The van der Waals surface area contributed by atoms with Gasteiger partial charge in [-0.3, -0.25) is 4.79 Å². The van der Waals surface area contributed by atoms with Crippen molar-refractivity contribution in [1.82, 2.24) is 0 Å². The summed E-state index contributed by atoms with van der Waals surface area (Å²) in [4.78, 5) is 24.5. The minimum absolute atomic E-state index is 0.0310. The highest BCUT2D eigenvalue weighted by atomic mass is 35.5. The molecule has 0 radical (unpaired) electrons. The van der Waals surface area contributed by atoms with Gasteiger partial charge in [-0.25, -0.2) is 9.18 Å². The summed E-state index contributed by atoms with van der Waals surface area (Å²) in [7, 11) is 0. The predicted molar refractivity (Wildman–Crippen MR) is 95.9 cm³/mol. The number of furan rings is 1. The molecule has 0 saturated carbocycles. The van der Waals surface area contributed by atoms with E-state index >= 15 is 0 Å². The number of anilines is 1. The molecular formula is C19H15ClFNO4. The summed E-state index contributed by atoms with van der Waals surface area (Å²) < 4.78 is 24.4. The van der Waals surface area contributed by atoms with E-state index in [0.29, 0.717) is 11.1 Å². The van der Waals surface area contributed by atoms with Crippen LogP contribution in [0.1, 0.15) is 23.0 Å². The van der Waals surface area contributed by atoms with Gasteiger partial charge in [-0.1, -0.05) is 29.8 Å². The fourth-order valence-electron chi connectivity index (χ4n) is 2.46. The van der Waals surface area contributed by atoms with Crippen molar-refractivity contribution in [1.29, 1.82) is 0 Å². The molecule has 7 heteroatoms. The van der Waals surface area contributed by atoms with E-state index in [1.165, 1.54) is 19.1 Å². The smallest absolute Gasteiger partial charge is 0.375 e. The van der Waals surface area contributed by atoms with E-state index in [1.807, 2.05) is 12.1 Å². The van der Waals surface area contributed by atoms with Crippen LogP contribution in [0.15, 0.2) is 46.9 Å². The summed E-state index contributed by atoms with van der Waals surface area (Å²) in [5.74, 6) is -2.09. The summed E-state index contributed by atoms with van der Waals surface area (Å²) >= 11 is 5.67.